The molecule has 1 amide bonds. The number of hydrogen-bond donors (Lipinski definition) is 1. The van der Waals surface area contributed by atoms with Crippen LogP contribution in [0.1, 0.15) is 26.5 Å². The number of ketones is 1. The molecule has 0 unspecified atom stereocenters. The van der Waals surface area contributed by atoms with E-state index in [1.807, 2.05) is 6.07 Å². The molecule has 0 spiro atoms. The molecule has 4 aromatic rings. The van der Waals surface area contributed by atoms with E-state index in [4.69, 9.17) is 27.6 Å². The van der Waals surface area contributed by atoms with Crippen LogP contribution in [0.3, 0.4) is 0 Å². The number of carbonyl (C=O) groups excluding carboxylic acids is 2. The number of furan rings is 1. The van der Waals surface area contributed by atoms with Gasteiger partial charge in [0.05, 0.1) is 10.0 Å². The summed E-state index contributed by atoms with van der Waals surface area (Å²) in [7, 11) is 0. The largest absolute Gasteiger partial charge is 0.457 e. The van der Waals surface area contributed by atoms with E-state index in [1.165, 1.54) is 6.08 Å². The smallest absolute Gasteiger partial charge is 0.255 e. The minimum Gasteiger partial charge on any atom is -0.457 e. The Hall–Kier alpha value is -3.60. The molecule has 4 rings (SSSR count). The van der Waals surface area contributed by atoms with Crippen LogP contribution in [0.2, 0.25) is 10.0 Å². The molecule has 0 bridgehead atoms. The molecule has 0 aliphatic heterocycles. The summed E-state index contributed by atoms with van der Waals surface area (Å²) in [4.78, 5) is 24.9. The number of nitrogens with one attached hydrogen (secondary N) is 1. The first-order valence-corrected chi connectivity index (χ1v) is 10.5. The van der Waals surface area contributed by atoms with Crippen LogP contribution in [0.4, 0.5) is 5.69 Å². The summed E-state index contributed by atoms with van der Waals surface area (Å²) in [6, 6.07) is 24.4. The number of anilines is 1. The topological polar surface area (TPSA) is 59.3 Å². The van der Waals surface area contributed by atoms with Crippen molar-refractivity contribution in [2.24, 2.45) is 0 Å². The summed E-state index contributed by atoms with van der Waals surface area (Å²) in [6.45, 7) is 0. The lowest BCUT2D eigenvalue weighted by Gasteiger charge is -2.06. The highest BCUT2D eigenvalue weighted by atomic mass is 35.5. The Morgan fingerprint density at radius 3 is 2.34 bits per heavy atom. The number of benzene rings is 3. The second-order valence-electron chi connectivity index (χ2n) is 6.93. The molecule has 6 heteroatoms. The van der Waals surface area contributed by atoms with E-state index >= 15 is 0 Å². The third kappa shape index (κ3) is 5.17. The number of halogens is 2. The van der Waals surface area contributed by atoms with Gasteiger partial charge in [0.2, 0.25) is 0 Å². The molecule has 1 N–H and O–H groups in total. The number of rotatable bonds is 6. The van der Waals surface area contributed by atoms with Gasteiger partial charge in [0.15, 0.2) is 5.78 Å². The van der Waals surface area contributed by atoms with Gasteiger partial charge in [-0.3, -0.25) is 9.59 Å². The van der Waals surface area contributed by atoms with Crippen LogP contribution in [0, 0.1) is 0 Å². The number of allylic oxidation sites excluding steroid dienone is 1. The van der Waals surface area contributed by atoms with Gasteiger partial charge in [0.25, 0.3) is 5.91 Å². The standard InChI is InChI=1S/C26H17Cl2NO3/c27-22-12-9-19(16-23(22)28)25-14-11-21(32-25)10-13-24(30)18-7-4-8-20(15-18)29-26(31)17-5-2-1-3-6-17/h1-16H,(H,29,31). The SMILES string of the molecule is O=C(C=Cc1ccc(-c2ccc(Cl)c(Cl)c2)o1)c1cccc(NC(=O)c2ccccc2)c1. The third-order valence-corrected chi connectivity index (χ3v) is 5.41. The van der Waals surface area contributed by atoms with Crippen LogP contribution in [0.25, 0.3) is 17.4 Å². The normalized spacial score (nSPS) is 10.9. The van der Waals surface area contributed by atoms with E-state index in [9.17, 15) is 9.59 Å². The van der Waals surface area contributed by atoms with Crippen molar-refractivity contribution in [3.05, 3.63) is 118 Å². The van der Waals surface area contributed by atoms with Crippen LogP contribution in [0.5, 0.6) is 0 Å². The fourth-order valence-corrected chi connectivity index (χ4v) is 3.34. The molecule has 0 aliphatic rings. The van der Waals surface area contributed by atoms with Crippen LogP contribution in [-0.4, -0.2) is 11.7 Å². The highest BCUT2D eigenvalue weighted by molar-refractivity contribution is 6.42. The highest BCUT2D eigenvalue weighted by Gasteiger charge is 2.09. The maximum Gasteiger partial charge on any atom is 0.255 e. The molecular formula is C26H17Cl2NO3. The van der Waals surface area contributed by atoms with Crippen LogP contribution >= 0.6 is 23.2 Å². The minimum absolute atomic E-state index is 0.215. The maximum absolute atomic E-state index is 12.6. The Morgan fingerprint density at radius 1 is 0.781 bits per heavy atom. The van der Waals surface area contributed by atoms with Gasteiger partial charge in [0.1, 0.15) is 11.5 Å². The monoisotopic (exact) mass is 461 g/mol. The van der Waals surface area contributed by atoms with Crippen molar-refractivity contribution in [1.29, 1.82) is 0 Å². The van der Waals surface area contributed by atoms with Gasteiger partial charge in [0, 0.05) is 22.4 Å². The lowest BCUT2D eigenvalue weighted by Crippen LogP contribution is -2.12. The van der Waals surface area contributed by atoms with E-state index in [-0.39, 0.29) is 11.7 Å². The first-order chi connectivity index (χ1) is 15.5. The minimum atomic E-state index is -0.240. The molecule has 3 aromatic carbocycles. The van der Waals surface area contributed by atoms with Crippen molar-refractivity contribution in [3.63, 3.8) is 0 Å². The lowest BCUT2D eigenvalue weighted by atomic mass is 10.1. The Balaban J connectivity index is 1.45. The molecule has 158 valence electrons. The molecule has 1 heterocycles. The van der Waals surface area contributed by atoms with Gasteiger partial charge < -0.3 is 9.73 Å². The van der Waals surface area contributed by atoms with Crippen molar-refractivity contribution in [1.82, 2.24) is 0 Å². The van der Waals surface area contributed by atoms with Gasteiger partial charge in [-0.05, 0) is 66.7 Å². The maximum atomic E-state index is 12.6. The molecule has 32 heavy (non-hydrogen) atoms. The summed E-state index contributed by atoms with van der Waals surface area (Å²) in [5.74, 6) is 0.679. The summed E-state index contributed by atoms with van der Waals surface area (Å²) in [6.07, 6.45) is 3.02. The van der Waals surface area contributed by atoms with Crippen molar-refractivity contribution < 1.29 is 14.0 Å². The summed E-state index contributed by atoms with van der Waals surface area (Å²) < 4.78 is 5.78. The lowest BCUT2D eigenvalue weighted by molar-refractivity contribution is 0.102. The molecule has 0 radical (unpaired) electrons. The molecule has 0 fully saturated rings. The summed E-state index contributed by atoms with van der Waals surface area (Å²) in [5, 5.41) is 3.71. The molecule has 1 aromatic heterocycles. The summed E-state index contributed by atoms with van der Waals surface area (Å²) in [5.41, 5.74) is 2.31. The number of carbonyl (C=O) groups is 2. The third-order valence-electron chi connectivity index (χ3n) is 4.67. The average molecular weight is 462 g/mol. The van der Waals surface area contributed by atoms with Gasteiger partial charge >= 0.3 is 0 Å². The Kier molecular flexibility index (Phi) is 6.55. The Bertz CT molecular complexity index is 1310. The van der Waals surface area contributed by atoms with Crippen molar-refractivity contribution in [2.75, 3.05) is 5.32 Å². The molecule has 0 aliphatic carbocycles. The predicted octanol–water partition coefficient (Wildman–Crippen LogP) is 7.40. The van der Waals surface area contributed by atoms with Crippen LogP contribution < -0.4 is 5.32 Å². The first kappa shape index (κ1) is 21.6. The highest BCUT2D eigenvalue weighted by Crippen LogP contribution is 2.29. The zero-order chi connectivity index (χ0) is 22.5. The van der Waals surface area contributed by atoms with E-state index in [0.717, 1.165) is 5.56 Å². The molecule has 4 nitrogen and oxygen atoms in total. The van der Waals surface area contributed by atoms with Gasteiger partial charge in [-0.15, -0.1) is 0 Å². The van der Waals surface area contributed by atoms with Gasteiger partial charge in [-0.25, -0.2) is 0 Å². The molecule has 0 atom stereocenters. The fourth-order valence-electron chi connectivity index (χ4n) is 3.04. The van der Waals surface area contributed by atoms with E-state index in [2.05, 4.69) is 5.32 Å². The zero-order valence-corrected chi connectivity index (χ0v) is 18.2. The first-order valence-electron chi connectivity index (χ1n) is 9.74. The van der Waals surface area contributed by atoms with E-state index in [1.54, 1.807) is 84.9 Å². The van der Waals surface area contributed by atoms with Gasteiger partial charge in [-0.1, -0.05) is 53.5 Å². The second kappa shape index (κ2) is 9.69. The van der Waals surface area contributed by atoms with E-state index < -0.39 is 0 Å². The summed E-state index contributed by atoms with van der Waals surface area (Å²) >= 11 is 12.0. The second-order valence-corrected chi connectivity index (χ2v) is 7.74. The molecular weight excluding hydrogens is 445 g/mol. The number of amides is 1. The molecule has 0 saturated carbocycles. The van der Waals surface area contributed by atoms with Crippen molar-refractivity contribution in [3.8, 4) is 11.3 Å². The van der Waals surface area contributed by atoms with Crippen LogP contribution in [-0.2, 0) is 0 Å². The number of hydrogen-bond acceptors (Lipinski definition) is 3. The Labute approximate surface area is 195 Å². The van der Waals surface area contributed by atoms with Crippen molar-refractivity contribution >= 4 is 46.7 Å². The average Bonchev–Trinajstić information content (AvgIpc) is 3.29. The Morgan fingerprint density at radius 2 is 1.56 bits per heavy atom. The van der Waals surface area contributed by atoms with Crippen LogP contribution in [0.15, 0.2) is 95.4 Å². The quantitative estimate of drug-likeness (QED) is 0.240. The fraction of sp³-hybridized carbons (Fsp3) is 0. The van der Waals surface area contributed by atoms with Gasteiger partial charge in [-0.2, -0.15) is 0 Å². The zero-order valence-electron chi connectivity index (χ0n) is 16.7. The molecule has 0 saturated heterocycles. The predicted molar refractivity (Wildman–Crippen MR) is 128 cm³/mol. The van der Waals surface area contributed by atoms with E-state index in [0.29, 0.717) is 38.4 Å². The van der Waals surface area contributed by atoms with Crippen molar-refractivity contribution in [2.45, 2.75) is 0 Å².